The van der Waals surface area contributed by atoms with Gasteiger partial charge in [0.25, 0.3) is 0 Å². The third-order valence-corrected chi connectivity index (χ3v) is 4.14. The fourth-order valence-corrected chi connectivity index (χ4v) is 2.72. The zero-order valence-corrected chi connectivity index (χ0v) is 10.6. The number of nitrogens with one attached hydrogen (secondary N) is 1. The van der Waals surface area contributed by atoms with E-state index in [0.717, 1.165) is 18.5 Å². The maximum absolute atomic E-state index is 12.2. The molecule has 0 heterocycles. The summed E-state index contributed by atoms with van der Waals surface area (Å²) in [5.41, 5.74) is 8.28. The second kappa shape index (κ2) is 4.26. The van der Waals surface area contributed by atoms with E-state index in [9.17, 15) is 4.79 Å². The lowest BCUT2D eigenvalue weighted by atomic mass is 10.0. The van der Waals surface area contributed by atoms with Gasteiger partial charge in [0.1, 0.15) is 5.41 Å². The molecule has 5 nitrogen and oxygen atoms in total. The highest BCUT2D eigenvalue weighted by molar-refractivity contribution is 6.14. The molecule has 0 unspecified atom stereocenters. The summed E-state index contributed by atoms with van der Waals surface area (Å²) in [4.78, 5) is 12.2. The van der Waals surface area contributed by atoms with Crippen LogP contribution in [0.15, 0.2) is 23.4 Å². The van der Waals surface area contributed by atoms with Crippen molar-refractivity contribution in [2.75, 3.05) is 5.32 Å². The van der Waals surface area contributed by atoms with Crippen molar-refractivity contribution in [2.24, 2.45) is 16.3 Å². The Bertz CT molecular complexity index is 562. The number of amidine groups is 1. The van der Waals surface area contributed by atoms with E-state index in [0.29, 0.717) is 12.8 Å². The first-order chi connectivity index (χ1) is 9.15. The zero-order chi connectivity index (χ0) is 13.5. The quantitative estimate of drug-likeness (QED) is 0.334. The van der Waals surface area contributed by atoms with Gasteiger partial charge in [0.15, 0.2) is 5.84 Å². The molecule has 1 saturated carbocycles. The molecule has 5 heteroatoms. The molecule has 3 rings (SSSR count). The molecule has 4 N–H and O–H groups in total. The summed E-state index contributed by atoms with van der Waals surface area (Å²) in [7, 11) is 0. The number of fused-ring (bicyclic) bond motifs is 1. The molecule has 0 radical (unpaired) electrons. The number of amides is 1. The number of nitrogens with zero attached hydrogens (tertiary/aromatic N) is 1. The number of benzene rings is 1. The van der Waals surface area contributed by atoms with Crippen LogP contribution in [0.5, 0.6) is 0 Å². The van der Waals surface area contributed by atoms with E-state index in [1.165, 1.54) is 17.5 Å². The van der Waals surface area contributed by atoms with Crippen LogP contribution >= 0.6 is 0 Å². The van der Waals surface area contributed by atoms with Crippen molar-refractivity contribution >= 4 is 17.4 Å². The van der Waals surface area contributed by atoms with Crippen LogP contribution in [0.3, 0.4) is 0 Å². The number of carbonyl (C=O) groups excluding carboxylic acids is 1. The lowest BCUT2D eigenvalue weighted by Crippen LogP contribution is -2.36. The highest BCUT2D eigenvalue weighted by atomic mass is 16.4. The van der Waals surface area contributed by atoms with Crippen LogP contribution < -0.4 is 11.1 Å². The second-order valence-electron chi connectivity index (χ2n) is 5.36. The maximum Gasteiger partial charge on any atom is 0.238 e. The summed E-state index contributed by atoms with van der Waals surface area (Å²) in [5.74, 6) is -0.174. The zero-order valence-electron chi connectivity index (χ0n) is 10.6. The molecule has 1 aromatic carbocycles. The Balaban J connectivity index is 1.77. The number of nitrogens with two attached hydrogens (primary N) is 1. The summed E-state index contributed by atoms with van der Waals surface area (Å²) in [5, 5.41) is 14.6. The molecule has 1 aromatic rings. The smallest absolute Gasteiger partial charge is 0.238 e. The minimum Gasteiger partial charge on any atom is -0.409 e. The molecule has 100 valence electrons. The van der Waals surface area contributed by atoms with E-state index in [1.54, 1.807) is 0 Å². The van der Waals surface area contributed by atoms with Crippen LogP contribution in [0.4, 0.5) is 5.69 Å². The molecule has 2 aliphatic rings. The van der Waals surface area contributed by atoms with Crippen molar-refractivity contribution in [1.29, 1.82) is 0 Å². The first-order valence-electron chi connectivity index (χ1n) is 6.57. The third-order valence-electron chi connectivity index (χ3n) is 4.14. The van der Waals surface area contributed by atoms with E-state index >= 15 is 0 Å². The van der Waals surface area contributed by atoms with Gasteiger partial charge in [-0.25, -0.2) is 0 Å². The average molecular weight is 259 g/mol. The lowest BCUT2D eigenvalue weighted by molar-refractivity contribution is -0.119. The van der Waals surface area contributed by atoms with Crippen molar-refractivity contribution in [3.05, 3.63) is 29.3 Å². The number of carbonyl (C=O) groups is 1. The largest absolute Gasteiger partial charge is 0.409 e. The molecule has 0 atom stereocenters. The number of hydrogen-bond acceptors (Lipinski definition) is 3. The normalized spacial score (nSPS) is 19.9. The molecular weight excluding hydrogens is 242 g/mol. The van der Waals surface area contributed by atoms with Gasteiger partial charge in [-0.05, 0) is 55.4 Å². The number of aryl methyl sites for hydroxylation is 2. The summed E-state index contributed by atoms with van der Waals surface area (Å²) in [6, 6.07) is 6.02. The van der Waals surface area contributed by atoms with Crippen molar-refractivity contribution in [2.45, 2.75) is 32.1 Å². The number of anilines is 1. The highest BCUT2D eigenvalue weighted by Crippen LogP contribution is 2.46. The topological polar surface area (TPSA) is 87.7 Å². The van der Waals surface area contributed by atoms with Gasteiger partial charge in [0.05, 0.1) is 0 Å². The number of hydrogen-bond donors (Lipinski definition) is 3. The minimum atomic E-state index is -0.798. The molecule has 0 aromatic heterocycles. The Hall–Kier alpha value is -2.04. The van der Waals surface area contributed by atoms with E-state index < -0.39 is 5.41 Å². The third kappa shape index (κ3) is 1.95. The van der Waals surface area contributed by atoms with Crippen LogP contribution in [0.25, 0.3) is 0 Å². The SMILES string of the molecule is N/C(=N/O)C1(C(=O)Nc2ccc3c(c2)CCC3)CC1. The Kier molecular flexibility index (Phi) is 2.69. The minimum absolute atomic E-state index is 0.00570. The fourth-order valence-electron chi connectivity index (χ4n) is 2.72. The predicted molar refractivity (Wildman–Crippen MR) is 72.2 cm³/mol. The van der Waals surface area contributed by atoms with E-state index in [1.807, 2.05) is 12.1 Å². The van der Waals surface area contributed by atoms with Gasteiger partial charge < -0.3 is 16.3 Å². The summed E-state index contributed by atoms with van der Waals surface area (Å²) in [6.45, 7) is 0. The predicted octanol–water partition coefficient (Wildman–Crippen LogP) is 1.64. The monoisotopic (exact) mass is 259 g/mol. The van der Waals surface area contributed by atoms with E-state index in [4.69, 9.17) is 10.9 Å². The average Bonchev–Trinajstić information content (AvgIpc) is 3.11. The fraction of sp³-hybridized carbons (Fsp3) is 0.429. The van der Waals surface area contributed by atoms with Crippen molar-refractivity contribution in [1.82, 2.24) is 0 Å². The summed E-state index contributed by atoms with van der Waals surface area (Å²) < 4.78 is 0. The van der Waals surface area contributed by atoms with Crippen LogP contribution in [0.1, 0.15) is 30.4 Å². The number of rotatable bonds is 3. The molecule has 1 amide bonds. The van der Waals surface area contributed by atoms with Gasteiger partial charge in [0.2, 0.25) is 5.91 Å². The Morgan fingerprint density at radius 1 is 1.32 bits per heavy atom. The molecule has 2 aliphatic carbocycles. The lowest BCUT2D eigenvalue weighted by Gasteiger charge is -2.14. The van der Waals surface area contributed by atoms with Crippen LogP contribution in [-0.2, 0) is 17.6 Å². The van der Waals surface area contributed by atoms with Crippen molar-refractivity contribution < 1.29 is 10.0 Å². The Morgan fingerprint density at radius 2 is 2.05 bits per heavy atom. The second-order valence-corrected chi connectivity index (χ2v) is 5.36. The number of oxime groups is 1. The summed E-state index contributed by atoms with van der Waals surface area (Å²) >= 11 is 0. The van der Waals surface area contributed by atoms with E-state index in [-0.39, 0.29) is 11.7 Å². The molecule has 0 saturated heterocycles. The van der Waals surface area contributed by atoms with Crippen LogP contribution in [-0.4, -0.2) is 17.0 Å². The summed E-state index contributed by atoms with van der Waals surface area (Å²) in [6.07, 6.45) is 4.65. The Morgan fingerprint density at radius 3 is 2.74 bits per heavy atom. The molecule has 19 heavy (non-hydrogen) atoms. The first-order valence-corrected chi connectivity index (χ1v) is 6.57. The molecule has 0 aliphatic heterocycles. The van der Waals surface area contributed by atoms with Crippen molar-refractivity contribution in [3.8, 4) is 0 Å². The van der Waals surface area contributed by atoms with Gasteiger partial charge in [-0.1, -0.05) is 11.2 Å². The molecular formula is C14H17N3O2. The molecule has 0 spiro atoms. The molecule has 0 bridgehead atoms. The Labute approximate surface area is 111 Å². The highest BCUT2D eigenvalue weighted by Gasteiger charge is 2.54. The van der Waals surface area contributed by atoms with Gasteiger partial charge in [-0.15, -0.1) is 0 Å². The van der Waals surface area contributed by atoms with Gasteiger partial charge in [0, 0.05) is 5.69 Å². The van der Waals surface area contributed by atoms with E-state index in [2.05, 4.69) is 16.5 Å². The first kappa shape index (κ1) is 12.0. The molecule has 1 fully saturated rings. The van der Waals surface area contributed by atoms with Crippen molar-refractivity contribution in [3.63, 3.8) is 0 Å². The van der Waals surface area contributed by atoms with Crippen LogP contribution in [0, 0.1) is 5.41 Å². The standard InChI is InChI=1S/C14H17N3O2/c15-12(17-19)14(6-7-14)13(18)16-11-5-4-9-2-1-3-10(9)8-11/h4-5,8,19H,1-3,6-7H2,(H2,15,17)(H,16,18). The van der Waals surface area contributed by atoms with Crippen LogP contribution in [0.2, 0.25) is 0 Å². The van der Waals surface area contributed by atoms with Gasteiger partial charge in [-0.3, -0.25) is 4.79 Å². The van der Waals surface area contributed by atoms with Gasteiger partial charge in [-0.2, -0.15) is 0 Å². The maximum atomic E-state index is 12.2. The van der Waals surface area contributed by atoms with Gasteiger partial charge >= 0.3 is 0 Å².